The number of nitrogens with zero attached hydrogens (tertiary/aromatic N) is 2. The maximum atomic E-state index is 5.56. The Kier molecular flexibility index (Phi) is 2.55. The Morgan fingerprint density at radius 1 is 1.33 bits per heavy atom. The first-order valence-electron chi connectivity index (χ1n) is 4.65. The highest BCUT2D eigenvalue weighted by atomic mass is 15.3. The molecule has 0 fully saturated rings. The van der Waals surface area contributed by atoms with Crippen LogP contribution in [-0.4, -0.2) is 15.7 Å². The number of hydrazine groups is 1. The van der Waals surface area contributed by atoms with E-state index in [0.717, 1.165) is 11.0 Å². The van der Waals surface area contributed by atoms with E-state index in [0.29, 0.717) is 12.5 Å². The fourth-order valence-electron chi connectivity index (χ4n) is 1.58. The second kappa shape index (κ2) is 3.85. The smallest absolute Gasteiger partial charge is 0.218 e. The summed E-state index contributed by atoms with van der Waals surface area (Å²) in [5, 5.41) is 0. The molecule has 1 aromatic carbocycles. The Morgan fingerprint density at radius 3 is 2.73 bits per heavy atom. The number of nitrogen functional groups attached to an aromatic ring is 1. The van der Waals surface area contributed by atoms with E-state index in [9.17, 15) is 0 Å². The van der Waals surface area contributed by atoms with Crippen molar-refractivity contribution in [2.45, 2.75) is 12.7 Å². The van der Waals surface area contributed by atoms with Crippen LogP contribution >= 0.6 is 0 Å². The number of anilines is 1. The summed E-state index contributed by atoms with van der Waals surface area (Å²) >= 11 is 0. The van der Waals surface area contributed by atoms with Gasteiger partial charge in [0.2, 0.25) is 5.95 Å². The first kappa shape index (κ1) is 9.91. The Labute approximate surface area is 87.0 Å². The van der Waals surface area contributed by atoms with Crippen molar-refractivity contribution >= 4 is 17.0 Å². The predicted molar refractivity (Wildman–Crippen MR) is 59.7 cm³/mol. The minimum atomic E-state index is -0.435. The lowest BCUT2D eigenvalue weighted by Gasteiger charge is -2.10. The zero-order valence-corrected chi connectivity index (χ0v) is 8.22. The summed E-state index contributed by atoms with van der Waals surface area (Å²) in [4.78, 5) is 4.30. The van der Waals surface area contributed by atoms with Gasteiger partial charge in [0.1, 0.15) is 0 Å². The van der Waals surface area contributed by atoms with Gasteiger partial charge in [-0.1, -0.05) is 12.1 Å². The van der Waals surface area contributed by atoms with Crippen molar-refractivity contribution in [3.8, 4) is 0 Å². The highest BCUT2D eigenvalue weighted by Gasteiger charge is 2.09. The van der Waals surface area contributed by atoms with Gasteiger partial charge < -0.3 is 16.0 Å². The lowest BCUT2D eigenvalue weighted by Crippen LogP contribution is -2.35. The van der Waals surface area contributed by atoms with E-state index in [2.05, 4.69) is 10.4 Å². The molecule has 0 atom stereocenters. The van der Waals surface area contributed by atoms with Crippen LogP contribution in [0.4, 0.5) is 5.95 Å². The molecule has 0 radical (unpaired) electrons. The number of hydrogen-bond acceptors (Lipinski definition) is 5. The summed E-state index contributed by atoms with van der Waals surface area (Å²) in [6, 6.07) is 7.71. The minimum Gasteiger partial charge on any atom is -0.315 e. The first-order chi connectivity index (χ1) is 7.22. The van der Waals surface area contributed by atoms with Crippen LogP contribution in [0.2, 0.25) is 0 Å². The number of fused-ring (bicyclic) bond motifs is 1. The van der Waals surface area contributed by atoms with Crippen molar-refractivity contribution < 1.29 is 0 Å². The number of rotatable bonds is 3. The molecule has 1 heterocycles. The maximum Gasteiger partial charge on any atom is 0.218 e. The lowest BCUT2D eigenvalue weighted by atomic mass is 10.3. The van der Waals surface area contributed by atoms with Gasteiger partial charge in [0.05, 0.1) is 23.7 Å². The molecule has 0 bridgehead atoms. The number of benzene rings is 1. The average Bonchev–Trinajstić information content (AvgIpc) is 2.56. The SMILES string of the molecule is NNc1nc2ccccc2n1CC(N)N. The van der Waals surface area contributed by atoms with E-state index in [-0.39, 0.29) is 0 Å². The van der Waals surface area contributed by atoms with Crippen LogP contribution < -0.4 is 22.7 Å². The zero-order chi connectivity index (χ0) is 10.8. The molecule has 0 unspecified atom stereocenters. The summed E-state index contributed by atoms with van der Waals surface area (Å²) in [6.45, 7) is 0.472. The molecule has 7 N–H and O–H groups in total. The maximum absolute atomic E-state index is 5.56. The zero-order valence-electron chi connectivity index (χ0n) is 8.22. The summed E-state index contributed by atoms with van der Waals surface area (Å²) in [5.41, 5.74) is 15.5. The predicted octanol–water partition coefficient (Wildman–Crippen LogP) is -0.435. The van der Waals surface area contributed by atoms with Crippen LogP contribution in [0.15, 0.2) is 24.3 Å². The van der Waals surface area contributed by atoms with Crippen molar-refractivity contribution in [1.82, 2.24) is 9.55 Å². The van der Waals surface area contributed by atoms with Crippen LogP contribution in [0.25, 0.3) is 11.0 Å². The molecule has 2 aromatic rings. The van der Waals surface area contributed by atoms with Gasteiger partial charge in [-0.3, -0.25) is 5.43 Å². The fourth-order valence-corrected chi connectivity index (χ4v) is 1.58. The highest BCUT2D eigenvalue weighted by molar-refractivity contribution is 5.78. The molecule has 0 amide bonds. The van der Waals surface area contributed by atoms with Crippen molar-refractivity contribution in [3.63, 3.8) is 0 Å². The van der Waals surface area contributed by atoms with Crippen LogP contribution in [-0.2, 0) is 6.54 Å². The van der Waals surface area contributed by atoms with E-state index < -0.39 is 6.17 Å². The van der Waals surface area contributed by atoms with Gasteiger partial charge in [0, 0.05) is 0 Å². The van der Waals surface area contributed by atoms with Gasteiger partial charge in [-0.05, 0) is 12.1 Å². The topological polar surface area (TPSA) is 108 Å². The van der Waals surface area contributed by atoms with Gasteiger partial charge >= 0.3 is 0 Å². The van der Waals surface area contributed by atoms with E-state index in [1.807, 2.05) is 28.8 Å². The number of nitrogens with two attached hydrogens (primary N) is 3. The van der Waals surface area contributed by atoms with Gasteiger partial charge in [-0.15, -0.1) is 0 Å². The Morgan fingerprint density at radius 2 is 2.07 bits per heavy atom. The number of hydrogen-bond donors (Lipinski definition) is 4. The molecular formula is C9H14N6. The molecule has 6 heteroatoms. The van der Waals surface area contributed by atoms with Crippen molar-refractivity contribution in [1.29, 1.82) is 0 Å². The molecule has 80 valence electrons. The van der Waals surface area contributed by atoms with E-state index in [1.54, 1.807) is 0 Å². The molecule has 0 saturated carbocycles. The number of aromatic nitrogens is 2. The van der Waals surface area contributed by atoms with Crippen LogP contribution in [0, 0.1) is 0 Å². The standard InChI is InChI=1S/C9H14N6/c10-8(11)5-15-7-4-2-1-3-6(7)13-9(15)14-12/h1-4,8H,5,10-12H2,(H,13,14). The first-order valence-corrected chi connectivity index (χ1v) is 4.65. The van der Waals surface area contributed by atoms with E-state index in [1.165, 1.54) is 0 Å². The Hall–Kier alpha value is -1.63. The molecule has 0 saturated heterocycles. The molecule has 6 nitrogen and oxygen atoms in total. The molecule has 0 aliphatic rings. The van der Waals surface area contributed by atoms with Crippen molar-refractivity contribution in [2.24, 2.45) is 17.3 Å². The van der Waals surface area contributed by atoms with Crippen molar-refractivity contribution in [2.75, 3.05) is 5.43 Å². The molecular weight excluding hydrogens is 192 g/mol. The van der Waals surface area contributed by atoms with Gasteiger partial charge in [0.25, 0.3) is 0 Å². The largest absolute Gasteiger partial charge is 0.315 e. The third kappa shape index (κ3) is 1.78. The Bertz CT molecular complexity index is 461. The molecule has 15 heavy (non-hydrogen) atoms. The monoisotopic (exact) mass is 206 g/mol. The van der Waals surface area contributed by atoms with Crippen LogP contribution in [0.5, 0.6) is 0 Å². The summed E-state index contributed by atoms with van der Waals surface area (Å²) in [5.74, 6) is 5.94. The van der Waals surface area contributed by atoms with Gasteiger partial charge in [-0.2, -0.15) is 0 Å². The average molecular weight is 206 g/mol. The third-order valence-electron chi connectivity index (χ3n) is 2.18. The van der Waals surface area contributed by atoms with Crippen molar-refractivity contribution in [3.05, 3.63) is 24.3 Å². The summed E-state index contributed by atoms with van der Waals surface area (Å²) in [7, 11) is 0. The van der Waals surface area contributed by atoms with E-state index in [4.69, 9.17) is 17.3 Å². The fraction of sp³-hybridized carbons (Fsp3) is 0.222. The van der Waals surface area contributed by atoms with E-state index >= 15 is 0 Å². The number of imidazole rings is 1. The Balaban J connectivity index is 2.56. The molecule has 1 aromatic heterocycles. The third-order valence-corrected chi connectivity index (χ3v) is 2.18. The number of para-hydroxylation sites is 2. The van der Waals surface area contributed by atoms with Crippen LogP contribution in [0.3, 0.4) is 0 Å². The summed E-state index contributed by atoms with van der Waals surface area (Å²) in [6.07, 6.45) is -0.435. The number of nitrogens with one attached hydrogen (secondary N) is 1. The molecule has 2 rings (SSSR count). The highest BCUT2D eigenvalue weighted by Crippen LogP contribution is 2.18. The lowest BCUT2D eigenvalue weighted by molar-refractivity contribution is 0.584. The normalized spacial score (nSPS) is 11.2. The molecule has 0 aliphatic carbocycles. The molecule has 0 spiro atoms. The quantitative estimate of drug-likeness (QED) is 0.309. The van der Waals surface area contributed by atoms with Gasteiger partial charge in [-0.25, -0.2) is 10.8 Å². The molecule has 0 aliphatic heterocycles. The van der Waals surface area contributed by atoms with Crippen LogP contribution in [0.1, 0.15) is 0 Å². The second-order valence-electron chi connectivity index (χ2n) is 3.34. The summed E-state index contributed by atoms with van der Waals surface area (Å²) < 4.78 is 1.86. The van der Waals surface area contributed by atoms with Gasteiger partial charge in [0.15, 0.2) is 0 Å². The second-order valence-corrected chi connectivity index (χ2v) is 3.34. The minimum absolute atomic E-state index is 0.435.